The van der Waals surface area contributed by atoms with Gasteiger partial charge >= 0.3 is 95.2 Å². The molecule has 0 saturated heterocycles. The van der Waals surface area contributed by atoms with Gasteiger partial charge in [0.25, 0.3) is 0 Å². The van der Waals surface area contributed by atoms with Crippen molar-refractivity contribution in [3.8, 4) is 0 Å². The van der Waals surface area contributed by atoms with E-state index in [4.69, 9.17) is 0 Å². The van der Waals surface area contributed by atoms with Crippen molar-refractivity contribution in [1.82, 2.24) is 0 Å². The normalized spacial score (nSPS) is 11.4. The SMILES string of the molecule is C/C(=N\Nc1ccccc1)c1ccc[se]1. The molecule has 0 atom stereocenters. The summed E-state index contributed by atoms with van der Waals surface area (Å²) in [7, 11) is 0. The van der Waals surface area contributed by atoms with Crippen molar-refractivity contribution in [2.24, 2.45) is 5.10 Å². The first-order valence-electron chi connectivity index (χ1n) is 4.75. The van der Waals surface area contributed by atoms with Crippen molar-refractivity contribution in [3.05, 3.63) is 51.8 Å². The van der Waals surface area contributed by atoms with Crippen LogP contribution in [0.3, 0.4) is 0 Å². The van der Waals surface area contributed by atoms with Gasteiger partial charge in [0.1, 0.15) is 0 Å². The van der Waals surface area contributed by atoms with Gasteiger partial charge in [-0.2, -0.15) is 0 Å². The van der Waals surface area contributed by atoms with Crippen LogP contribution in [0.4, 0.5) is 5.69 Å². The number of anilines is 1. The van der Waals surface area contributed by atoms with Crippen molar-refractivity contribution in [2.75, 3.05) is 5.43 Å². The van der Waals surface area contributed by atoms with Crippen LogP contribution in [0.1, 0.15) is 11.4 Å². The molecule has 1 aromatic heterocycles. The van der Waals surface area contributed by atoms with Crippen LogP contribution < -0.4 is 5.43 Å². The van der Waals surface area contributed by atoms with Gasteiger partial charge in [0.15, 0.2) is 0 Å². The van der Waals surface area contributed by atoms with Gasteiger partial charge < -0.3 is 0 Å². The van der Waals surface area contributed by atoms with Crippen LogP contribution in [0.5, 0.6) is 0 Å². The third kappa shape index (κ3) is 2.82. The van der Waals surface area contributed by atoms with E-state index < -0.39 is 0 Å². The van der Waals surface area contributed by atoms with Crippen LogP contribution in [0, 0.1) is 0 Å². The van der Waals surface area contributed by atoms with E-state index in [1.165, 1.54) is 4.44 Å². The third-order valence-corrected chi connectivity index (χ3v) is 4.06. The first-order chi connectivity index (χ1) is 7.36. The summed E-state index contributed by atoms with van der Waals surface area (Å²) in [5.74, 6) is 0. The molecule has 0 amide bonds. The van der Waals surface area contributed by atoms with Gasteiger partial charge in [-0.05, 0) is 0 Å². The van der Waals surface area contributed by atoms with E-state index in [9.17, 15) is 0 Å². The number of nitrogens with zero attached hydrogens (tertiary/aromatic N) is 1. The zero-order valence-electron chi connectivity index (χ0n) is 8.47. The quantitative estimate of drug-likeness (QED) is 0.514. The van der Waals surface area contributed by atoms with Crippen LogP contribution in [0.15, 0.2) is 52.5 Å². The Balaban J connectivity index is 2.06. The molecule has 15 heavy (non-hydrogen) atoms. The van der Waals surface area contributed by atoms with Gasteiger partial charge in [0.05, 0.1) is 0 Å². The fourth-order valence-corrected chi connectivity index (χ4v) is 2.62. The number of para-hydroxylation sites is 1. The fourth-order valence-electron chi connectivity index (χ4n) is 1.20. The summed E-state index contributed by atoms with van der Waals surface area (Å²) >= 11 is 0.464. The summed E-state index contributed by atoms with van der Waals surface area (Å²) in [6.07, 6.45) is 0. The molecule has 0 fully saturated rings. The molecule has 1 N–H and O–H groups in total. The summed E-state index contributed by atoms with van der Waals surface area (Å²) in [5, 5.41) is 4.35. The maximum atomic E-state index is 4.35. The molecule has 3 heteroatoms. The molecule has 0 aliphatic heterocycles. The fraction of sp³-hybridized carbons (Fsp3) is 0.0833. The number of hydrogen-bond donors (Lipinski definition) is 1. The van der Waals surface area contributed by atoms with Gasteiger partial charge in [0, 0.05) is 0 Å². The molecule has 0 radical (unpaired) electrons. The molecule has 2 rings (SSSR count). The van der Waals surface area contributed by atoms with Gasteiger partial charge in [-0.1, -0.05) is 0 Å². The second-order valence-corrected chi connectivity index (χ2v) is 5.14. The van der Waals surface area contributed by atoms with Crippen LogP contribution >= 0.6 is 0 Å². The molecule has 2 nitrogen and oxygen atoms in total. The van der Waals surface area contributed by atoms with E-state index >= 15 is 0 Å². The Kier molecular flexibility index (Phi) is 3.38. The van der Waals surface area contributed by atoms with E-state index in [0.29, 0.717) is 14.5 Å². The van der Waals surface area contributed by atoms with Crippen LogP contribution in [0.2, 0.25) is 0 Å². The molecule has 2 aromatic rings. The Morgan fingerprint density at radius 1 is 1.13 bits per heavy atom. The zero-order valence-corrected chi connectivity index (χ0v) is 10.2. The maximum absolute atomic E-state index is 4.35. The molecular weight excluding hydrogens is 251 g/mol. The summed E-state index contributed by atoms with van der Waals surface area (Å²) in [6, 6.07) is 14.2. The molecule has 0 unspecified atom stereocenters. The Bertz CT molecular complexity index is 432. The average molecular weight is 263 g/mol. The number of nitrogens with one attached hydrogen (secondary N) is 1. The summed E-state index contributed by atoms with van der Waals surface area (Å²) in [4.78, 5) is 2.20. The second-order valence-electron chi connectivity index (χ2n) is 3.15. The van der Waals surface area contributed by atoms with Crippen LogP contribution in [0.25, 0.3) is 0 Å². The van der Waals surface area contributed by atoms with Gasteiger partial charge in [-0.15, -0.1) is 0 Å². The van der Waals surface area contributed by atoms with Crippen molar-refractivity contribution in [1.29, 1.82) is 0 Å². The van der Waals surface area contributed by atoms with Gasteiger partial charge in [-0.3, -0.25) is 0 Å². The molecular formula is C12H12N2Se. The number of benzene rings is 1. The van der Waals surface area contributed by atoms with Crippen molar-refractivity contribution >= 4 is 25.9 Å². The molecule has 0 saturated carbocycles. The number of rotatable bonds is 3. The number of hydrogen-bond acceptors (Lipinski definition) is 2. The molecule has 0 aliphatic rings. The first kappa shape index (κ1) is 10.2. The van der Waals surface area contributed by atoms with Gasteiger partial charge in [-0.25, -0.2) is 0 Å². The molecule has 0 bridgehead atoms. The summed E-state index contributed by atoms with van der Waals surface area (Å²) in [5.41, 5.74) is 5.15. The van der Waals surface area contributed by atoms with Crippen LogP contribution in [-0.2, 0) is 0 Å². The third-order valence-electron chi connectivity index (χ3n) is 2.00. The minimum absolute atomic E-state index is 0.464. The average Bonchev–Trinajstić information content (AvgIpc) is 2.81. The van der Waals surface area contributed by atoms with Crippen molar-refractivity contribution in [2.45, 2.75) is 6.92 Å². The molecule has 1 heterocycles. The van der Waals surface area contributed by atoms with E-state index in [-0.39, 0.29) is 0 Å². The Labute approximate surface area is 95.4 Å². The number of hydrazone groups is 1. The van der Waals surface area contributed by atoms with Crippen molar-refractivity contribution in [3.63, 3.8) is 0 Å². The van der Waals surface area contributed by atoms with E-state index in [1.54, 1.807) is 0 Å². The summed E-state index contributed by atoms with van der Waals surface area (Å²) < 4.78 is 1.34. The molecule has 1 aromatic carbocycles. The molecule has 0 aliphatic carbocycles. The Morgan fingerprint density at radius 3 is 2.60 bits per heavy atom. The first-order valence-corrected chi connectivity index (χ1v) is 6.60. The monoisotopic (exact) mass is 264 g/mol. The topological polar surface area (TPSA) is 24.4 Å². The molecule has 0 spiro atoms. The Hall–Kier alpha value is -1.31. The Morgan fingerprint density at radius 2 is 1.93 bits per heavy atom. The van der Waals surface area contributed by atoms with Gasteiger partial charge in [0.2, 0.25) is 0 Å². The van der Waals surface area contributed by atoms with Crippen molar-refractivity contribution < 1.29 is 0 Å². The minimum atomic E-state index is 0.464. The zero-order chi connectivity index (χ0) is 10.5. The van der Waals surface area contributed by atoms with E-state index in [1.807, 2.05) is 37.3 Å². The standard InChI is InChI=1S/C12H12N2Se/c1-10(12-8-5-9-15-12)13-14-11-6-3-2-4-7-11/h2-9,14H,1H3/b13-10+. The van der Waals surface area contributed by atoms with Crippen LogP contribution in [-0.4, -0.2) is 20.2 Å². The molecule has 76 valence electrons. The van der Waals surface area contributed by atoms with E-state index in [0.717, 1.165) is 11.4 Å². The summed E-state index contributed by atoms with van der Waals surface area (Å²) in [6.45, 7) is 2.04. The predicted molar refractivity (Wildman–Crippen MR) is 65.7 cm³/mol. The second kappa shape index (κ2) is 4.96. The predicted octanol–water partition coefficient (Wildman–Crippen LogP) is 2.58. The van der Waals surface area contributed by atoms with E-state index in [2.05, 4.69) is 27.6 Å².